The number of hydrogen-bond acceptors (Lipinski definition) is 2. The Bertz CT molecular complexity index is 639. The predicted molar refractivity (Wildman–Crippen MR) is 83.9 cm³/mol. The molecule has 2 aromatic carbocycles. The average Bonchev–Trinajstić information content (AvgIpc) is 2.43. The van der Waals surface area contributed by atoms with Gasteiger partial charge in [0.25, 0.3) is 0 Å². The lowest BCUT2D eigenvalue weighted by Gasteiger charge is -2.20. The van der Waals surface area contributed by atoms with Gasteiger partial charge in [-0.25, -0.2) is 8.78 Å². The third-order valence-corrected chi connectivity index (χ3v) is 3.52. The Balaban J connectivity index is 2.21. The maximum atomic E-state index is 13.3. The summed E-state index contributed by atoms with van der Waals surface area (Å²) in [4.78, 5) is 2.04. The van der Waals surface area contributed by atoms with Gasteiger partial charge in [-0.3, -0.25) is 0 Å². The second kappa shape index (κ2) is 6.12. The standard InChI is InChI=1S/C17H20F2N2/c1-11-5-7-14(10-17(11)21(3)4)20-12(2)13-6-8-15(18)16(19)9-13/h5-10,12,20H,1-4H3. The summed E-state index contributed by atoms with van der Waals surface area (Å²) >= 11 is 0. The SMILES string of the molecule is Cc1ccc(NC(C)c2ccc(F)c(F)c2)cc1N(C)C. The van der Waals surface area contributed by atoms with E-state index in [2.05, 4.69) is 12.2 Å². The van der Waals surface area contributed by atoms with Crippen molar-refractivity contribution in [3.8, 4) is 0 Å². The zero-order valence-corrected chi connectivity index (χ0v) is 12.7. The summed E-state index contributed by atoms with van der Waals surface area (Å²) in [5, 5.41) is 3.31. The van der Waals surface area contributed by atoms with E-state index in [9.17, 15) is 8.78 Å². The monoisotopic (exact) mass is 290 g/mol. The van der Waals surface area contributed by atoms with Crippen LogP contribution >= 0.6 is 0 Å². The zero-order valence-electron chi connectivity index (χ0n) is 12.7. The van der Waals surface area contributed by atoms with Gasteiger partial charge in [-0.1, -0.05) is 12.1 Å². The molecule has 0 amide bonds. The van der Waals surface area contributed by atoms with Crippen LogP contribution in [0, 0.1) is 18.6 Å². The number of benzene rings is 2. The van der Waals surface area contributed by atoms with E-state index in [0.29, 0.717) is 5.56 Å². The van der Waals surface area contributed by atoms with Crippen LogP contribution in [0.15, 0.2) is 36.4 Å². The van der Waals surface area contributed by atoms with Crippen LogP contribution in [-0.4, -0.2) is 14.1 Å². The van der Waals surface area contributed by atoms with Crippen molar-refractivity contribution >= 4 is 11.4 Å². The molecule has 0 saturated carbocycles. The second-order valence-electron chi connectivity index (χ2n) is 5.44. The van der Waals surface area contributed by atoms with Crippen molar-refractivity contribution < 1.29 is 8.78 Å². The number of halogens is 2. The number of anilines is 2. The fraction of sp³-hybridized carbons (Fsp3) is 0.294. The van der Waals surface area contributed by atoms with E-state index in [0.717, 1.165) is 17.4 Å². The largest absolute Gasteiger partial charge is 0.378 e. The fourth-order valence-corrected chi connectivity index (χ4v) is 2.30. The molecule has 0 aliphatic carbocycles. The third kappa shape index (κ3) is 3.51. The van der Waals surface area contributed by atoms with Gasteiger partial charge in [-0.2, -0.15) is 0 Å². The van der Waals surface area contributed by atoms with Gasteiger partial charge >= 0.3 is 0 Å². The Labute approximate surface area is 124 Å². The molecule has 0 aliphatic heterocycles. The van der Waals surface area contributed by atoms with Crippen LogP contribution in [0.2, 0.25) is 0 Å². The van der Waals surface area contributed by atoms with Gasteiger partial charge in [0.1, 0.15) is 0 Å². The van der Waals surface area contributed by atoms with Crippen LogP contribution in [0.4, 0.5) is 20.2 Å². The smallest absolute Gasteiger partial charge is 0.159 e. The number of nitrogens with one attached hydrogen (secondary N) is 1. The van der Waals surface area contributed by atoms with Gasteiger partial charge in [0.2, 0.25) is 0 Å². The summed E-state index contributed by atoms with van der Waals surface area (Å²) in [5.74, 6) is -1.64. The van der Waals surface area contributed by atoms with Crippen LogP contribution in [-0.2, 0) is 0 Å². The Morgan fingerprint density at radius 1 is 1.00 bits per heavy atom. The second-order valence-corrected chi connectivity index (χ2v) is 5.44. The first kappa shape index (κ1) is 15.3. The van der Waals surface area contributed by atoms with Gasteiger partial charge in [-0.05, 0) is 49.2 Å². The molecule has 1 atom stereocenters. The van der Waals surface area contributed by atoms with Crippen molar-refractivity contribution in [2.24, 2.45) is 0 Å². The van der Waals surface area contributed by atoms with Crippen molar-refractivity contribution in [3.63, 3.8) is 0 Å². The summed E-state index contributed by atoms with van der Waals surface area (Å²) < 4.78 is 26.3. The van der Waals surface area contributed by atoms with Crippen LogP contribution in [0.1, 0.15) is 24.1 Å². The molecule has 0 saturated heterocycles. The zero-order chi connectivity index (χ0) is 15.6. The van der Waals surface area contributed by atoms with E-state index in [1.807, 2.05) is 44.1 Å². The molecule has 0 fully saturated rings. The highest BCUT2D eigenvalue weighted by molar-refractivity contribution is 5.62. The molecule has 21 heavy (non-hydrogen) atoms. The van der Waals surface area contributed by atoms with Gasteiger partial charge in [0, 0.05) is 31.5 Å². The quantitative estimate of drug-likeness (QED) is 0.891. The van der Waals surface area contributed by atoms with E-state index < -0.39 is 11.6 Å². The highest BCUT2D eigenvalue weighted by Gasteiger charge is 2.10. The minimum absolute atomic E-state index is 0.113. The van der Waals surface area contributed by atoms with Gasteiger partial charge < -0.3 is 10.2 Å². The van der Waals surface area contributed by atoms with Crippen molar-refractivity contribution in [1.29, 1.82) is 0 Å². The Kier molecular flexibility index (Phi) is 4.46. The average molecular weight is 290 g/mol. The molecule has 0 bridgehead atoms. The Hall–Kier alpha value is -2.10. The number of rotatable bonds is 4. The molecular weight excluding hydrogens is 270 g/mol. The van der Waals surface area contributed by atoms with Crippen molar-refractivity contribution in [2.45, 2.75) is 19.9 Å². The highest BCUT2D eigenvalue weighted by atomic mass is 19.2. The molecule has 0 aromatic heterocycles. The minimum Gasteiger partial charge on any atom is -0.378 e. The summed E-state index contributed by atoms with van der Waals surface area (Å²) in [6.45, 7) is 3.97. The fourth-order valence-electron chi connectivity index (χ4n) is 2.30. The molecule has 1 unspecified atom stereocenters. The normalized spacial score (nSPS) is 12.1. The van der Waals surface area contributed by atoms with E-state index in [4.69, 9.17) is 0 Å². The molecule has 112 valence electrons. The lowest BCUT2D eigenvalue weighted by molar-refractivity contribution is 0.506. The maximum Gasteiger partial charge on any atom is 0.159 e. The van der Waals surface area contributed by atoms with Crippen molar-refractivity contribution in [1.82, 2.24) is 0 Å². The van der Waals surface area contributed by atoms with Crippen molar-refractivity contribution in [3.05, 3.63) is 59.2 Å². The Morgan fingerprint density at radius 2 is 1.71 bits per heavy atom. The van der Waals surface area contributed by atoms with E-state index in [-0.39, 0.29) is 6.04 Å². The molecule has 1 N–H and O–H groups in total. The van der Waals surface area contributed by atoms with Crippen LogP contribution in [0.5, 0.6) is 0 Å². The predicted octanol–water partition coefficient (Wildman–Crippen LogP) is 4.51. The molecule has 0 heterocycles. The van der Waals surface area contributed by atoms with Gasteiger partial charge in [-0.15, -0.1) is 0 Å². The summed E-state index contributed by atoms with van der Waals surface area (Å²) in [5.41, 5.74) is 3.96. The minimum atomic E-state index is -0.823. The number of aryl methyl sites for hydroxylation is 1. The molecule has 2 rings (SSSR count). The third-order valence-electron chi connectivity index (χ3n) is 3.52. The topological polar surface area (TPSA) is 15.3 Å². The first-order valence-corrected chi connectivity index (χ1v) is 6.88. The lowest BCUT2D eigenvalue weighted by Crippen LogP contribution is -2.12. The summed E-state index contributed by atoms with van der Waals surface area (Å²) in [6, 6.07) is 9.94. The molecule has 2 nitrogen and oxygen atoms in total. The maximum absolute atomic E-state index is 13.3. The van der Waals surface area contributed by atoms with E-state index in [1.165, 1.54) is 11.6 Å². The van der Waals surface area contributed by atoms with Crippen LogP contribution < -0.4 is 10.2 Å². The first-order valence-electron chi connectivity index (χ1n) is 6.88. The van der Waals surface area contributed by atoms with Crippen molar-refractivity contribution in [2.75, 3.05) is 24.3 Å². The summed E-state index contributed by atoms with van der Waals surface area (Å²) in [6.07, 6.45) is 0. The lowest BCUT2D eigenvalue weighted by atomic mass is 10.1. The molecule has 0 aliphatic rings. The molecular formula is C17H20F2N2. The molecule has 0 spiro atoms. The molecule has 4 heteroatoms. The van der Waals surface area contributed by atoms with Crippen LogP contribution in [0.3, 0.4) is 0 Å². The number of nitrogens with zero attached hydrogens (tertiary/aromatic N) is 1. The first-order chi connectivity index (χ1) is 9.88. The van der Waals surface area contributed by atoms with E-state index >= 15 is 0 Å². The molecule has 2 aromatic rings. The summed E-state index contributed by atoms with van der Waals surface area (Å²) in [7, 11) is 3.98. The highest BCUT2D eigenvalue weighted by Crippen LogP contribution is 2.26. The van der Waals surface area contributed by atoms with Gasteiger partial charge in [0.05, 0.1) is 0 Å². The van der Waals surface area contributed by atoms with E-state index in [1.54, 1.807) is 6.07 Å². The number of hydrogen-bond donors (Lipinski definition) is 1. The van der Waals surface area contributed by atoms with Gasteiger partial charge in [0.15, 0.2) is 11.6 Å². The Morgan fingerprint density at radius 3 is 2.33 bits per heavy atom. The molecule has 0 radical (unpaired) electrons. The van der Waals surface area contributed by atoms with Crippen LogP contribution in [0.25, 0.3) is 0 Å².